The van der Waals surface area contributed by atoms with E-state index >= 15 is 0 Å². The van der Waals surface area contributed by atoms with Crippen LogP contribution in [-0.4, -0.2) is 23.2 Å². The summed E-state index contributed by atoms with van der Waals surface area (Å²) in [5.41, 5.74) is 0. The predicted octanol–water partition coefficient (Wildman–Crippen LogP) is -0.779. The zero-order valence-electron chi connectivity index (χ0n) is 3.29. The van der Waals surface area contributed by atoms with Gasteiger partial charge in [-0.25, -0.2) is 0 Å². The van der Waals surface area contributed by atoms with Gasteiger partial charge in [0, 0.05) is 32.7 Å². The Morgan fingerprint density at radius 1 is 1.00 bits per heavy atom. The van der Waals surface area contributed by atoms with E-state index in [0.29, 0.717) is 12.9 Å². The third-order valence-electron chi connectivity index (χ3n) is 0. The molecule has 5 heteroatoms. The largest absolute Gasteiger partial charge is 0.665 e. The van der Waals surface area contributed by atoms with E-state index in [1.54, 1.807) is 0 Å². The molecule has 0 aliphatic carbocycles. The van der Waals surface area contributed by atoms with Crippen LogP contribution in [0.5, 0.6) is 0 Å². The van der Waals surface area contributed by atoms with Gasteiger partial charge < -0.3 is 19.8 Å². The number of rotatable bonds is 0. The van der Waals surface area contributed by atoms with Gasteiger partial charge in [0.1, 0.15) is 0 Å². The van der Waals surface area contributed by atoms with Crippen LogP contribution < -0.4 is 0 Å². The molecule has 0 unspecified atom stereocenters. The molecule has 2 N–H and O–H groups in total. The van der Waals surface area contributed by atoms with Crippen molar-refractivity contribution in [2.75, 3.05) is 0 Å². The third kappa shape index (κ3) is 51300. The third-order valence-corrected chi connectivity index (χ3v) is 0. The smallest absolute Gasteiger partial charge is 0 e. The molecule has 0 aromatic rings. The Morgan fingerprint density at radius 2 is 1.00 bits per heavy atom. The Bertz CT molecular complexity index is 30.7. The van der Waals surface area contributed by atoms with E-state index in [4.69, 9.17) is 19.8 Å². The minimum atomic E-state index is 0. The summed E-state index contributed by atoms with van der Waals surface area (Å²) in [4.78, 5) is 16.5. The molecular formula is C2H2O4Y-2. The monoisotopic (exact) mass is 179 g/mol. The normalized spacial score (nSPS) is 3.43. The SMILES string of the molecule is O=[C-]O.O=[C-]O.[Y]. The zero-order chi connectivity index (χ0) is 5.41. The van der Waals surface area contributed by atoms with Crippen LogP contribution in [0.25, 0.3) is 0 Å². The molecule has 1 radical (unpaired) electrons. The maximum Gasteiger partial charge on any atom is 0 e. The van der Waals surface area contributed by atoms with Gasteiger partial charge in [0.25, 0.3) is 0 Å². The first-order valence-corrected chi connectivity index (χ1v) is 0.855. The maximum atomic E-state index is 8.24. The molecule has 0 rings (SSSR count). The predicted molar refractivity (Wildman–Crippen MR) is 16.6 cm³/mol. The van der Waals surface area contributed by atoms with Gasteiger partial charge in [0.15, 0.2) is 0 Å². The van der Waals surface area contributed by atoms with Crippen molar-refractivity contribution in [2.24, 2.45) is 0 Å². The second-order valence-corrected chi connectivity index (χ2v) is 0.183. The topological polar surface area (TPSA) is 74.6 Å². The molecule has 0 atom stereocenters. The van der Waals surface area contributed by atoms with Crippen LogP contribution in [0.3, 0.4) is 0 Å². The number of hydrogen-bond acceptors (Lipinski definition) is 2. The molecule has 0 aliphatic rings. The summed E-state index contributed by atoms with van der Waals surface area (Å²) in [6, 6.07) is 0. The summed E-state index contributed by atoms with van der Waals surface area (Å²) in [7, 11) is 0. The molecule has 0 heterocycles. The van der Waals surface area contributed by atoms with Crippen LogP contribution >= 0.6 is 0 Å². The first-order valence-electron chi connectivity index (χ1n) is 0.855. The first kappa shape index (κ1) is 15.7. The van der Waals surface area contributed by atoms with Gasteiger partial charge in [0.05, 0.1) is 0 Å². The van der Waals surface area contributed by atoms with Gasteiger partial charge in [-0.05, 0) is 0 Å². The Morgan fingerprint density at radius 3 is 1.00 bits per heavy atom. The standard InChI is InChI=1S/2CHO2.Y/c2*2-1-3;/h2*(H,2,3);/q2*-1;. The molecule has 0 saturated carbocycles. The molecular weight excluding hydrogens is 177 g/mol. The van der Waals surface area contributed by atoms with Gasteiger partial charge in [-0.2, -0.15) is 0 Å². The Kier molecular flexibility index (Phi) is 82.7. The van der Waals surface area contributed by atoms with E-state index in [-0.39, 0.29) is 32.7 Å². The van der Waals surface area contributed by atoms with Crippen molar-refractivity contribution < 1.29 is 52.5 Å². The molecule has 0 spiro atoms. The van der Waals surface area contributed by atoms with Crippen LogP contribution in [0.4, 0.5) is 0 Å². The molecule has 0 fully saturated rings. The van der Waals surface area contributed by atoms with Crippen LogP contribution in [0, 0.1) is 0 Å². The minimum absolute atomic E-state index is 0. The number of hydrogen-bond donors (Lipinski definition) is 2. The Hall–Kier alpha value is 0.0439. The van der Waals surface area contributed by atoms with Crippen LogP contribution in [0.2, 0.25) is 0 Å². The first-order chi connectivity index (χ1) is 2.83. The Balaban J connectivity index is -0.0000000400. The van der Waals surface area contributed by atoms with Gasteiger partial charge >= 0.3 is 0 Å². The fourth-order valence-electron chi connectivity index (χ4n) is 0. The second-order valence-electron chi connectivity index (χ2n) is 0.183. The van der Waals surface area contributed by atoms with Crippen molar-refractivity contribution in [1.82, 2.24) is 0 Å². The average Bonchev–Trinajstić information content (AvgIpc) is 1.39. The summed E-state index contributed by atoms with van der Waals surface area (Å²) in [5.74, 6) is 0. The van der Waals surface area contributed by atoms with E-state index < -0.39 is 0 Å². The van der Waals surface area contributed by atoms with Crippen molar-refractivity contribution in [3.05, 3.63) is 0 Å². The van der Waals surface area contributed by atoms with E-state index in [9.17, 15) is 0 Å². The summed E-state index contributed by atoms with van der Waals surface area (Å²) < 4.78 is 0. The molecule has 0 bridgehead atoms. The van der Waals surface area contributed by atoms with Gasteiger partial charge in [-0.1, -0.05) is 12.9 Å². The van der Waals surface area contributed by atoms with Gasteiger partial charge in [-0.3, -0.25) is 0 Å². The number of aliphatic hydroxyl groups excluding tert-OH is 2. The van der Waals surface area contributed by atoms with Crippen LogP contribution in [0.15, 0.2) is 0 Å². The van der Waals surface area contributed by atoms with Crippen molar-refractivity contribution >= 4 is 12.9 Å². The van der Waals surface area contributed by atoms with Crippen LogP contribution in [0.1, 0.15) is 0 Å². The summed E-state index contributed by atoms with van der Waals surface area (Å²) in [6.45, 7) is 1.00. The summed E-state index contributed by atoms with van der Waals surface area (Å²) >= 11 is 0. The van der Waals surface area contributed by atoms with E-state index in [0.717, 1.165) is 0 Å². The molecule has 0 aliphatic heterocycles. The Labute approximate surface area is 65.4 Å². The van der Waals surface area contributed by atoms with Crippen molar-refractivity contribution in [3.63, 3.8) is 0 Å². The molecule has 7 heavy (non-hydrogen) atoms. The fraction of sp³-hybridized carbons (Fsp3) is 0. The quantitative estimate of drug-likeness (QED) is 0.478. The average molecular weight is 179 g/mol. The molecule has 4 nitrogen and oxygen atoms in total. The second kappa shape index (κ2) is 36.8. The molecule has 39 valence electrons. The molecule has 0 saturated heterocycles. The molecule has 0 aromatic carbocycles. The van der Waals surface area contributed by atoms with Gasteiger partial charge in [0.2, 0.25) is 0 Å². The van der Waals surface area contributed by atoms with E-state index in [1.807, 2.05) is 0 Å². The fourth-order valence-corrected chi connectivity index (χ4v) is 0. The summed E-state index contributed by atoms with van der Waals surface area (Å²) in [5, 5.41) is 13.5. The maximum absolute atomic E-state index is 8.24. The van der Waals surface area contributed by atoms with Crippen molar-refractivity contribution in [3.8, 4) is 0 Å². The van der Waals surface area contributed by atoms with Crippen molar-refractivity contribution in [2.45, 2.75) is 0 Å². The van der Waals surface area contributed by atoms with Crippen molar-refractivity contribution in [1.29, 1.82) is 0 Å². The minimum Gasteiger partial charge on any atom is -0.665 e. The zero-order valence-corrected chi connectivity index (χ0v) is 6.13. The van der Waals surface area contributed by atoms with E-state index in [1.165, 1.54) is 0 Å². The van der Waals surface area contributed by atoms with E-state index in [2.05, 4.69) is 0 Å². The summed E-state index contributed by atoms with van der Waals surface area (Å²) in [6.07, 6.45) is 0. The molecule has 0 aromatic heterocycles. The van der Waals surface area contributed by atoms with Gasteiger partial charge in [-0.15, -0.1) is 0 Å². The molecule has 0 amide bonds. The van der Waals surface area contributed by atoms with Crippen LogP contribution in [-0.2, 0) is 42.3 Å².